The van der Waals surface area contributed by atoms with Crippen molar-refractivity contribution >= 4 is 27.5 Å². The van der Waals surface area contributed by atoms with E-state index in [1.807, 2.05) is 7.05 Å². The van der Waals surface area contributed by atoms with E-state index in [1.54, 1.807) is 12.1 Å². The average Bonchev–Trinajstić information content (AvgIpc) is 2.19. The number of rotatable bonds is 5. The maximum absolute atomic E-state index is 13.5. The van der Waals surface area contributed by atoms with Gasteiger partial charge >= 0.3 is 0 Å². The number of nitrogens with zero attached hydrogens (tertiary/aromatic N) is 1. The van der Waals surface area contributed by atoms with E-state index in [9.17, 15) is 4.39 Å². The Bertz CT molecular complexity index is 344. The minimum Gasteiger partial charge on any atom is -0.302 e. The quantitative estimate of drug-likeness (QED) is 0.741. The third kappa shape index (κ3) is 4.81. The zero-order chi connectivity index (χ0) is 12.1. The van der Waals surface area contributed by atoms with Gasteiger partial charge in [-0.1, -0.05) is 40.5 Å². The first kappa shape index (κ1) is 13.9. The molecule has 0 aliphatic carbocycles. The molecular weight excluding hydrogens is 292 g/mol. The Labute approximate surface area is 110 Å². The van der Waals surface area contributed by atoms with Crippen LogP contribution in [0.4, 0.5) is 4.39 Å². The molecular formula is C12H16BrClFN. The first-order valence-corrected chi connectivity index (χ1v) is 6.55. The molecule has 0 saturated carbocycles. The van der Waals surface area contributed by atoms with Crippen molar-refractivity contribution in [3.05, 3.63) is 34.6 Å². The number of hydrogen-bond acceptors (Lipinski definition) is 1. The van der Waals surface area contributed by atoms with E-state index in [1.165, 1.54) is 6.07 Å². The van der Waals surface area contributed by atoms with Crippen LogP contribution >= 0.6 is 27.5 Å². The van der Waals surface area contributed by atoms with Crippen LogP contribution in [0.2, 0.25) is 5.02 Å². The molecule has 0 aliphatic rings. The van der Waals surface area contributed by atoms with Gasteiger partial charge in [-0.25, -0.2) is 4.39 Å². The molecule has 0 amide bonds. The summed E-state index contributed by atoms with van der Waals surface area (Å²) in [6, 6.07) is 4.82. The van der Waals surface area contributed by atoms with Crippen LogP contribution in [-0.4, -0.2) is 23.3 Å². The van der Waals surface area contributed by atoms with Crippen LogP contribution in [0.1, 0.15) is 18.9 Å². The molecule has 1 aromatic rings. The Kier molecular flexibility index (Phi) is 5.73. The van der Waals surface area contributed by atoms with Crippen LogP contribution in [0.3, 0.4) is 0 Å². The van der Waals surface area contributed by atoms with Crippen molar-refractivity contribution in [2.75, 3.05) is 13.6 Å². The highest BCUT2D eigenvalue weighted by Gasteiger charge is 2.07. The smallest absolute Gasteiger partial charge is 0.129 e. The van der Waals surface area contributed by atoms with Gasteiger partial charge in [0.2, 0.25) is 0 Å². The molecule has 0 aromatic heterocycles. The van der Waals surface area contributed by atoms with E-state index in [0.29, 0.717) is 22.0 Å². The number of hydrogen-bond donors (Lipinski definition) is 0. The molecule has 1 rings (SSSR count). The van der Waals surface area contributed by atoms with Gasteiger partial charge in [0.15, 0.2) is 0 Å². The monoisotopic (exact) mass is 307 g/mol. The van der Waals surface area contributed by atoms with Crippen LogP contribution in [0, 0.1) is 5.82 Å². The molecule has 90 valence electrons. The topological polar surface area (TPSA) is 3.24 Å². The van der Waals surface area contributed by atoms with Gasteiger partial charge in [-0.3, -0.25) is 0 Å². The van der Waals surface area contributed by atoms with Crippen molar-refractivity contribution in [1.29, 1.82) is 0 Å². The Morgan fingerprint density at radius 3 is 2.75 bits per heavy atom. The summed E-state index contributed by atoms with van der Waals surface area (Å²) in [7, 11) is 1.99. The van der Waals surface area contributed by atoms with Crippen LogP contribution in [0.5, 0.6) is 0 Å². The predicted octanol–water partition coefficient (Wildman–Crippen LogP) is 4.08. The predicted molar refractivity (Wildman–Crippen MR) is 70.8 cm³/mol. The summed E-state index contributed by atoms with van der Waals surface area (Å²) >= 11 is 9.19. The molecule has 1 aromatic carbocycles. The molecule has 0 N–H and O–H groups in total. The van der Waals surface area contributed by atoms with E-state index >= 15 is 0 Å². The van der Waals surface area contributed by atoms with Crippen molar-refractivity contribution < 1.29 is 4.39 Å². The van der Waals surface area contributed by atoms with Crippen molar-refractivity contribution in [3.63, 3.8) is 0 Å². The van der Waals surface area contributed by atoms with Crippen molar-refractivity contribution in [2.24, 2.45) is 0 Å². The van der Waals surface area contributed by atoms with Gasteiger partial charge in [0.25, 0.3) is 0 Å². The van der Waals surface area contributed by atoms with Crippen molar-refractivity contribution in [3.8, 4) is 0 Å². The molecule has 0 bridgehead atoms. The highest BCUT2D eigenvalue weighted by Crippen LogP contribution is 2.16. The van der Waals surface area contributed by atoms with Gasteiger partial charge in [0.1, 0.15) is 5.82 Å². The van der Waals surface area contributed by atoms with Crippen LogP contribution in [0.15, 0.2) is 18.2 Å². The molecule has 0 saturated heterocycles. The second kappa shape index (κ2) is 6.58. The Hall–Kier alpha value is -0.120. The van der Waals surface area contributed by atoms with E-state index in [0.717, 1.165) is 13.0 Å². The SMILES string of the molecule is CC(Br)CCN(C)Cc1ccc(Cl)cc1F. The Morgan fingerprint density at radius 2 is 2.19 bits per heavy atom. The zero-order valence-corrected chi connectivity index (χ0v) is 11.9. The molecule has 1 atom stereocenters. The van der Waals surface area contributed by atoms with Crippen molar-refractivity contribution in [2.45, 2.75) is 24.7 Å². The molecule has 16 heavy (non-hydrogen) atoms. The normalized spacial score (nSPS) is 13.1. The molecule has 0 heterocycles. The van der Waals surface area contributed by atoms with Gasteiger partial charge in [0.05, 0.1) is 0 Å². The average molecular weight is 309 g/mol. The minimum atomic E-state index is -0.230. The maximum Gasteiger partial charge on any atom is 0.129 e. The third-order valence-electron chi connectivity index (χ3n) is 2.36. The number of benzene rings is 1. The Morgan fingerprint density at radius 1 is 1.50 bits per heavy atom. The molecule has 1 unspecified atom stereocenters. The number of alkyl halides is 1. The van der Waals surface area contributed by atoms with Crippen LogP contribution in [0.25, 0.3) is 0 Å². The molecule has 0 fully saturated rings. The largest absolute Gasteiger partial charge is 0.302 e. The van der Waals surface area contributed by atoms with E-state index in [4.69, 9.17) is 11.6 Å². The fourth-order valence-electron chi connectivity index (χ4n) is 1.42. The Balaban J connectivity index is 2.52. The summed E-state index contributed by atoms with van der Waals surface area (Å²) in [5.41, 5.74) is 0.689. The van der Waals surface area contributed by atoms with Gasteiger partial charge in [-0.2, -0.15) is 0 Å². The van der Waals surface area contributed by atoms with Gasteiger partial charge in [-0.05, 0) is 32.1 Å². The fourth-order valence-corrected chi connectivity index (χ4v) is 1.78. The van der Waals surface area contributed by atoms with Gasteiger partial charge in [0, 0.05) is 22.0 Å². The lowest BCUT2D eigenvalue weighted by atomic mass is 10.2. The molecule has 1 nitrogen and oxygen atoms in total. The van der Waals surface area contributed by atoms with Gasteiger partial charge < -0.3 is 4.90 Å². The lowest BCUT2D eigenvalue weighted by molar-refractivity contribution is 0.317. The minimum absolute atomic E-state index is 0.230. The molecule has 0 aliphatic heterocycles. The van der Waals surface area contributed by atoms with E-state index in [2.05, 4.69) is 27.8 Å². The summed E-state index contributed by atoms with van der Waals surface area (Å²) in [6.45, 7) is 3.66. The lowest BCUT2D eigenvalue weighted by Crippen LogP contribution is -2.21. The lowest BCUT2D eigenvalue weighted by Gasteiger charge is -2.17. The van der Waals surface area contributed by atoms with Crippen LogP contribution < -0.4 is 0 Å². The maximum atomic E-state index is 13.5. The summed E-state index contributed by atoms with van der Waals surface area (Å²) < 4.78 is 13.5. The standard InChI is InChI=1S/C12H16BrClFN/c1-9(13)5-6-16(2)8-10-3-4-11(14)7-12(10)15/h3-4,7,9H,5-6,8H2,1-2H3. The highest BCUT2D eigenvalue weighted by atomic mass is 79.9. The first-order valence-electron chi connectivity index (χ1n) is 5.25. The summed E-state index contributed by atoms with van der Waals surface area (Å²) in [6.07, 6.45) is 1.05. The third-order valence-corrected chi connectivity index (χ3v) is 3.06. The van der Waals surface area contributed by atoms with Crippen molar-refractivity contribution in [1.82, 2.24) is 4.90 Å². The summed E-state index contributed by atoms with van der Waals surface area (Å²) in [4.78, 5) is 2.59. The van der Waals surface area contributed by atoms with Crippen LogP contribution in [-0.2, 0) is 6.54 Å². The summed E-state index contributed by atoms with van der Waals surface area (Å²) in [5.74, 6) is -0.230. The number of halogens is 3. The molecule has 0 radical (unpaired) electrons. The zero-order valence-electron chi connectivity index (χ0n) is 9.51. The molecule has 4 heteroatoms. The second-order valence-corrected chi connectivity index (χ2v) is 6.04. The van der Waals surface area contributed by atoms with E-state index < -0.39 is 0 Å². The van der Waals surface area contributed by atoms with E-state index in [-0.39, 0.29) is 5.82 Å². The summed E-state index contributed by atoms with van der Waals surface area (Å²) in [5, 5.41) is 0.443. The fraction of sp³-hybridized carbons (Fsp3) is 0.500. The first-order chi connectivity index (χ1) is 7.49. The highest BCUT2D eigenvalue weighted by molar-refractivity contribution is 9.09. The second-order valence-electron chi connectivity index (χ2n) is 4.04. The molecule has 0 spiro atoms. The van der Waals surface area contributed by atoms with Gasteiger partial charge in [-0.15, -0.1) is 0 Å².